The molecule has 2 aliphatic heterocycles. The van der Waals surface area contributed by atoms with Crippen LogP contribution in [0.2, 0.25) is 0 Å². The lowest BCUT2D eigenvalue weighted by Gasteiger charge is -2.31. The smallest absolute Gasteiger partial charge is 0.267 e. The lowest BCUT2D eigenvalue weighted by atomic mass is 9.96. The van der Waals surface area contributed by atoms with Gasteiger partial charge in [0.25, 0.3) is 5.91 Å². The first-order valence-corrected chi connectivity index (χ1v) is 11.8. The lowest BCUT2D eigenvalue weighted by molar-refractivity contribution is -0.125. The largest absolute Gasteiger partial charge is 0.352 e. The van der Waals surface area contributed by atoms with Gasteiger partial charge in [0.1, 0.15) is 4.88 Å². The molecule has 0 aliphatic carbocycles. The minimum absolute atomic E-state index is 0.0523. The van der Waals surface area contributed by atoms with Crippen LogP contribution in [0.1, 0.15) is 47.8 Å². The molecule has 0 unspecified atom stereocenters. The molecule has 0 spiro atoms. The van der Waals surface area contributed by atoms with Crippen molar-refractivity contribution >= 4 is 40.0 Å². The third-order valence-electron chi connectivity index (χ3n) is 5.82. The molecule has 2 aromatic heterocycles. The van der Waals surface area contributed by atoms with Gasteiger partial charge >= 0.3 is 0 Å². The van der Waals surface area contributed by atoms with Gasteiger partial charge in [-0.25, -0.2) is 4.98 Å². The third kappa shape index (κ3) is 5.24. The van der Waals surface area contributed by atoms with Gasteiger partial charge in [-0.3, -0.25) is 19.4 Å². The predicted molar refractivity (Wildman–Crippen MR) is 123 cm³/mol. The molecule has 0 aromatic carbocycles. The molecule has 2 saturated heterocycles. The minimum Gasteiger partial charge on any atom is -0.352 e. The Balaban J connectivity index is 1.37. The molecule has 0 bridgehead atoms. The Hall–Kier alpha value is -3.01. The van der Waals surface area contributed by atoms with E-state index >= 15 is 0 Å². The second-order valence-corrected chi connectivity index (χ2v) is 9.17. The fourth-order valence-corrected chi connectivity index (χ4v) is 5.11. The van der Waals surface area contributed by atoms with E-state index in [1.165, 1.54) is 18.3 Å². The van der Waals surface area contributed by atoms with Crippen molar-refractivity contribution in [1.29, 1.82) is 0 Å². The number of nitrogens with zero attached hydrogens (tertiary/aromatic N) is 4. The number of hydrogen-bond donors (Lipinski definition) is 2. The van der Waals surface area contributed by atoms with Gasteiger partial charge in [0.05, 0.1) is 0 Å². The normalized spacial score (nSPS) is 16.8. The Morgan fingerprint density at radius 3 is 2.56 bits per heavy atom. The van der Waals surface area contributed by atoms with Crippen molar-refractivity contribution in [2.24, 2.45) is 5.92 Å². The Bertz CT molecular complexity index is 965. The van der Waals surface area contributed by atoms with Gasteiger partial charge in [-0.1, -0.05) is 17.4 Å². The lowest BCUT2D eigenvalue weighted by Crippen LogP contribution is -2.40. The molecule has 2 aliphatic rings. The number of likely N-dealkylation sites (tertiary alicyclic amines) is 1. The molecule has 9 nitrogen and oxygen atoms in total. The zero-order chi connectivity index (χ0) is 22.5. The van der Waals surface area contributed by atoms with E-state index < -0.39 is 0 Å². The number of anilines is 2. The molecule has 0 radical (unpaired) electrons. The van der Waals surface area contributed by atoms with Crippen LogP contribution in [0.4, 0.5) is 10.9 Å². The van der Waals surface area contributed by atoms with Crippen molar-refractivity contribution in [2.75, 3.05) is 36.4 Å². The second kappa shape index (κ2) is 10.1. The topological polar surface area (TPSA) is 108 Å². The van der Waals surface area contributed by atoms with E-state index in [-0.39, 0.29) is 23.6 Å². The van der Waals surface area contributed by atoms with Gasteiger partial charge in [0, 0.05) is 58.0 Å². The highest BCUT2D eigenvalue weighted by atomic mass is 32.1. The molecule has 170 valence electrons. The Morgan fingerprint density at radius 2 is 1.91 bits per heavy atom. The van der Waals surface area contributed by atoms with Gasteiger partial charge in [-0.2, -0.15) is 0 Å². The van der Waals surface area contributed by atoms with Gasteiger partial charge in [0.15, 0.2) is 10.9 Å². The quantitative estimate of drug-likeness (QED) is 0.691. The Labute approximate surface area is 191 Å². The van der Waals surface area contributed by atoms with Gasteiger partial charge in [0.2, 0.25) is 11.8 Å². The SMILES string of the molecule is CC(=O)Nc1nc(N2CCC(C(=O)NCc3cccnc3)CC2)sc1C(=O)N1CCCC1. The highest BCUT2D eigenvalue weighted by Gasteiger charge is 2.30. The van der Waals surface area contributed by atoms with Crippen LogP contribution in [0.3, 0.4) is 0 Å². The van der Waals surface area contributed by atoms with Crippen molar-refractivity contribution in [1.82, 2.24) is 20.2 Å². The summed E-state index contributed by atoms with van der Waals surface area (Å²) >= 11 is 1.32. The van der Waals surface area contributed by atoms with Crippen LogP contribution < -0.4 is 15.5 Å². The third-order valence-corrected chi connectivity index (χ3v) is 6.93. The number of aromatic nitrogens is 2. The van der Waals surface area contributed by atoms with E-state index in [0.717, 1.165) is 31.5 Å². The maximum absolute atomic E-state index is 12.9. The van der Waals surface area contributed by atoms with Crippen LogP contribution in [-0.2, 0) is 16.1 Å². The summed E-state index contributed by atoms with van der Waals surface area (Å²) in [6.07, 6.45) is 6.89. The van der Waals surface area contributed by atoms with E-state index in [2.05, 4.69) is 25.5 Å². The van der Waals surface area contributed by atoms with Crippen LogP contribution in [0.5, 0.6) is 0 Å². The number of carbonyl (C=O) groups excluding carboxylic acids is 3. The molecule has 10 heteroatoms. The van der Waals surface area contributed by atoms with Gasteiger partial charge in [-0.05, 0) is 37.3 Å². The van der Waals surface area contributed by atoms with Crippen molar-refractivity contribution < 1.29 is 14.4 Å². The first-order chi connectivity index (χ1) is 15.5. The second-order valence-electron chi connectivity index (χ2n) is 8.20. The molecule has 32 heavy (non-hydrogen) atoms. The van der Waals surface area contributed by atoms with E-state index in [1.807, 2.05) is 17.0 Å². The van der Waals surface area contributed by atoms with E-state index in [9.17, 15) is 14.4 Å². The minimum atomic E-state index is -0.249. The first kappa shape index (κ1) is 22.2. The molecule has 2 N–H and O–H groups in total. The number of hydrogen-bond acceptors (Lipinski definition) is 7. The number of pyridine rings is 1. The Kier molecular flexibility index (Phi) is 6.99. The fraction of sp³-hybridized carbons (Fsp3) is 0.500. The van der Waals surface area contributed by atoms with Gasteiger partial charge < -0.3 is 20.4 Å². The number of piperidine rings is 1. The number of amides is 3. The Morgan fingerprint density at radius 1 is 1.16 bits per heavy atom. The van der Waals surface area contributed by atoms with Gasteiger partial charge in [-0.15, -0.1) is 0 Å². The van der Waals surface area contributed by atoms with Crippen molar-refractivity contribution in [3.63, 3.8) is 0 Å². The van der Waals surface area contributed by atoms with Crippen LogP contribution in [0, 0.1) is 5.92 Å². The average Bonchev–Trinajstić information content (AvgIpc) is 3.48. The highest BCUT2D eigenvalue weighted by Crippen LogP contribution is 2.34. The molecule has 4 heterocycles. The monoisotopic (exact) mass is 456 g/mol. The highest BCUT2D eigenvalue weighted by molar-refractivity contribution is 7.18. The van der Waals surface area contributed by atoms with Crippen molar-refractivity contribution in [2.45, 2.75) is 39.2 Å². The molecule has 2 aromatic rings. The molecular weight excluding hydrogens is 428 g/mol. The summed E-state index contributed by atoms with van der Waals surface area (Å²) in [7, 11) is 0. The van der Waals surface area contributed by atoms with Crippen LogP contribution in [0.25, 0.3) is 0 Å². The summed E-state index contributed by atoms with van der Waals surface area (Å²) < 4.78 is 0. The summed E-state index contributed by atoms with van der Waals surface area (Å²) in [5.41, 5.74) is 0.974. The maximum Gasteiger partial charge on any atom is 0.267 e. The number of nitrogens with one attached hydrogen (secondary N) is 2. The van der Waals surface area contributed by atoms with Crippen LogP contribution in [-0.4, -0.2) is 58.8 Å². The molecule has 0 atom stereocenters. The van der Waals surface area contributed by atoms with Crippen LogP contribution >= 0.6 is 11.3 Å². The standard InChI is InChI=1S/C22H28N6O3S/c1-15(29)25-19-18(21(31)27-9-2-3-10-27)32-22(26-19)28-11-6-17(7-12-28)20(30)24-14-16-5-4-8-23-13-16/h4-5,8,13,17H,2-3,6-7,9-12,14H2,1H3,(H,24,30)(H,25,29). The summed E-state index contributed by atoms with van der Waals surface area (Å²) in [6, 6.07) is 3.79. The molecule has 3 amide bonds. The predicted octanol–water partition coefficient (Wildman–Crippen LogP) is 2.27. The summed E-state index contributed by atoms with van der Waals surface area (Å²) in [5.74, 6) is 0.0200. The maximum atomic E-state index is 12.9. The molecule has 2 fully saturated rings. The van der Waals surface area contributed by atoms with E-state index in [4.69, 9.17) is 0 Å². The zero-order valence-corrected chi connectivity index (χ0v) is 19.0. The van der Waals surface area contributed by atoms with E-state index in [1.54, 1.807) is 12.4 Å². The molecule has 4 rings (SSSR count). The number of carbonyl (C=O) groups is 3. The summed E-state index contributed by atoms with van der Waals surface area (Å²) in [6.45, 7) is 4.72. The number of rotatable bonds is 6. The fourth-order valence-electron chi connectivity index (χ4n) is 4.07. The van der Waals surface area contributed by atoms with Crippen molar-refractivity contribution in [3.05, 3.63) is 35.0 Å². The molecular formula is C22H28N6O3S. The zero-order valence-electron chi connectivity index (χ0n) is 18.2. The summed E-state index contributed by atoms with van der Waals surface area (Å²) in [5, 5.41) is 6.42. The first-order valence-electron chi connectivity index (χ1n) is 11.0. The van der Waals surface area contributed by atoms with Crippen LogP contribution in [0.15, 0.2) is 24.5 Å². The van der Waals surface area contributed by atoms with Crippen molar-refractivity contribution in [3.8, 4) is 0 Å². The summed E-state index contributed by atoms with van der Waals surface area (Å²) in [4.78, 5) is 50.2. The number of thiazole rings is 1. The van der Waals surface area contributed by atoms with E-state index in [0.29, 0.717) is 48.3 Å². The molecule has 0 saturated carbocycles. The average molecular weight is 457 g/mol.